The largest absolute Gasteiger partial charge is 0.424 e. The van der Waals surface area contributed by atoms with E-state index in [1.54, 1.807) is 24.3 Å². The van der Waals surface area contributed by atoms with Crippen LogP contribution in [0.25, 0.3) is 0 Å². The lowest BCUT2D eigenvalue weighted by Crippen LogP contribution is -2.46. The summed E-state index contributed by atoms with van der Waals surface area (Å²) < 4.78 is 5.64. The standard InChI is InChI=1S/C21H25NO3/c1-13(2)18(22-20(23)17-9-7-6-8-10-17)21(24)25-19-15(4)11-14(3)12-16(19)5/h6-13,18H,1-5H3,(H,22,23). The van der Waals surface area contributed by atoms with Crippen LogP contribution in [-0.2, 0) is 4.79 Å². The van der Waals surface area contributed by atoms with Gasteiger partial charge in [-0.15, -0.1) is 0 Å². The number of rotatable bonds is 5. The maximum absolute atomic E-state index is 12.7. The summed E-state index contributed by atoms with van der Waals surface area (Å²) >= 11 is 0. The summed E-state index contributed by atoms with van der Waals surface area (Å²) in [5, 5.41) is 2.79. The van der Waals surface area contributed by atoms with E-state index in [1.165, 1.54) is 0 Å². The second-order valence-electron chi connectivity index (χ2n) is 6.71. The van der Waals surface area contributed by atoms with E-state index in [-0.39, 0.29) is 11.8 Å². The lowest BCUT2D eigenvalue weighted by molar-refractivity contribution is -0.137. The number of aryl methyl sites for hydroxylation is 3. The second-order valence-corrected chi connectivity index (χ2v) is 6.71. The molecule has 4 heteroatoms. The first-order chi connectivity index (χ1) is 11.8. The van der Waals surface area contributed by atoms with Gasteiger partial charge in [0.1, 0.15) is 11.8 Å². The molecule has 132 valence electrons. The van der Waals surface area contributed by atoms with Gasteiger partial charge in [0.2, 0.25) is 0 Å². The maximum atomic E-state index is 12.7. The molecular formula is C21H25NO3. The van der Waals surface area contributed by atoms with Crippen LogP contribution in [-0.4, -0.2) is 17.9 Å². The number of hydrogen-bond acceptors (Lipinski definition) is 3. The lowest BCUT2D eigenvalue weighted by atomic mass is 10.0. The fourth-order valence-corrected chi connectivity index (χ4v) is 2.80. The molecule has 0 saturated heterocycles. The molecular weight excluding hydrogens is 314 g/mol. The van der Waals surface area contributed by atoms with Crippen LogP contribution in [0.1, 0.15) is 40.9 Å². The van der Waals surface area contributed by atoms with E-state index in [9.17, 15) is 9.59 Å². The molecule has 1 N–H and O–H groups in total. The van der Waals surface area contributed by atoms with Gasteiger partial charge in [-0.3, -0.25) is 4.79 Å². The first kappa shape index (κ1) is 18.7. The molecule has 2 rings (SSSR count). The summed E-state index contributed by atoms with van der Waals surface area (Å²) in [5.74, 6) is -0.260. The summed E-state index contributed by atoms with van der Waals surface area (Å²) in [5.41, 5.74) is 3.45. The third kappa shape index (κ3) is 4.69. The normalized spacial score (nSPS) is 11.9. The quantitative estimate of drug-likeness (QED) is 0.662. The smallest absolute Gasteiger partial charge is 0.334 e. The van der Waals surface area contributed by atoms with Gasteiger partial charge in [0.25, 0.3) is 5.91 Å². The number of amides is 1. The minimum absolute atomic E-state index is 0.0915. The molecule has 0 saturated carbocycles. The average molecular weight is 339 g/mol. The van der Waals surface area contributed by atoms with Crippen LogP contribution < -0.4 is 10.1 Å². The highest BCUT2D eigenvalue weighted by Crippen LogP contribution is 2.25. The summed E-state index contributed by atoms with van der Waals surface area (Å²) in [6.45, 7) is 9.59. The Kier molecular flexibility index (Phi) is 5.97. The fraction of sp³-hybridized carbons (Fsp3) is 0.333. The van der Waals surface area contributed by atoms with Crippen molar-refractivity contribution in [2.24, 2.45) is 5.92 Å². The molecule has 0 radical (unpaired) electrons. The molecule has 1 atom stereocenters. The molecule has 0 aliphatic heterocycles. The SMILES string of the molecule is Cc1cc(C)c(OC(=O)C(NC(=O)c2ccccc2)C(C)C)c(C)c1. The van der Waals surface area contributed by atoms with Gasteiger partial charge >= 0.3 is 5.97 Å². The van der Waals surface area contributed by atoms with Crippen molar-refractivity contribution in [1.29, 1.82) is 0 Å². The molecule has 0 aliphatic rings. The molecule has 0 spiro atoms. The van der Waals surface area contributed by atoms with Crippen molar-refractivity contribution in [2.75, 3.05) is 0 Å². The first-order valence-electron chi connectivity index (χ1n) is 8.45. The molecule has 2 aromatic rings. The van der Waals surface area contributed by atoms with Crippen LogP contribution in [0.15, 0.2) is 42.5 Å². The van der Waals surface area contributed by atoms with Crippen LogP contribution in [0, 0.1) is 26.7 Å². The third-order valence-corrected chi connectivity index (χ3v) is 4.05. The number of nitrogens with one attached hydrogen (secondary N) is 1. The van der Waals surface area contributed by atoms with Gasteiger partial charge in [0.05, 0.1) is 0 Å². The van der Waals surface area contributed by atoms with E-state index in [0.29, 0.717) is 11.3 Å². The second kappa shape index (κ2) is 7.97. The fourth-order valence-electron chi connectivity index (χ4n) is 2.80. The molecule has 2 aromatic carbocycles. The van der Waals surface area contributed by atoms with Gasteiger partial charge in [-0.05, 0) is 49.9 Å². The van der Waals surface area contributed by atoms with Crippen molar-refractivity contribution in [3.8, 4) is 5.75 Å². The molecule has 0 aromatic heterocycles. The zero-order chi connectivity index (χ0) is 18.6. The van der Waals surface area contributed by atoms with E-state index >= 15 is 0 Å². The number of carbonyl (C=O) groups is 2. The van der Waals surface area contributed by atoms with Crippen molar-refractivity contribution in [2.45, 2.75) is 40.7 Å². The van der Waals surface area contributed by atoms with Crippen molar-refractivity contribution in [3.63, 3.8) is 0 Å². The predicted molar refractivity (Wildman–Crippen MR) is 98.8 cm³/mol. The highest BCUT2D eigenvalue weighted by atomic mass is 16.5. The van der Waals surface area contributed by atoms with Gasteiger partial charge < -0.3 is 10.1 Å². The molecule has 0 bridgehead atoms. The third-order valence-electron chi connectivity index (χ3n) is 4.05. The Balaban J connectivity index is 2.18. The Morgan fingerprint density at radius 2 is 1.52 bits per heavy atom. The van der Waals surface area contributed by atoms with Crippen molar-refractivity contribution in [1.82, 2.24) is 5.32 Å². The Bertz CT molecular complexity index is 743. The summed E-state index contributed by atoms with van der Waals surface area (Å²) in [6, 6.07) is 12.1. The first-order valence-corrected chi connectivity index (χ1v) is 8.45. The van der Waals surface area contributed by atoms with Crippen LogP contribution in [0.2, 0.25) is 0 Å². The van der Waals surface area contributed by atoms with Gasteiger partial charge in [-0.2, -0.15) is 0 Å². The minimum Gasteiger partial charge on any atom is -0.424 e. The highest BCUT2D eigenvalue weighted by molar-refractivity contribution is 5.97. The van der Waals surface area contributed by atoms with E-state index < -0.39 is 12.0 Å². The maximum Gasteiger partial charge on any atom is 0.334 e. The number of carbonyl (C=O) groups excluding carboxylic acids is 2. The van der Waals surface area contributed by atoms with Gasteiger partial charge in [-0.1, -0.05) is 49.7 Å². The van der Waals surface area contributed by atoms with Gasteiger partial charge in [0.15, 0.2) is 0 Å². The van der Waals surface area contributed by atoms with Gasteiger partial charge in [-0.25, -0.2) is 4.79 Å². The Morgan fingerprint density at radius 1 is 0.960 bits per heavy atom. The van der Waals surface area contributed by atoms with E-state index in [4.69, 9.17) is 4.74 Å². The monoisotopic (exact) mass is 339 g/mol. The topological polar surface area (TPSA) is 55.4 Å². The molecule has 0 heterocycles. The van der Waals surface area contributed by atoms with Crippen LogP contribution in [0.4, 0.5) is 0 Å². The van der Waals surface area contributed by atoms with Crippen LogP contribution in [0.3, 0.4) is 0 Å². The highest BCUT2D eigenvalue weighted by Gasteiger charge is 2.27. The molecule has 1 amide bonds. The lowest BCUT2D eigenvalue weighted by Gasteiger charge is -2.22. The number of hydrogen-bond donors (Lipinski definition) is 1. The summed E-state index contributed by atoms with van der Waals surface area (Å²) in [4.78, 5) is 25.0. The molecule has 0 fully saturated rings. The average Bonchev–Trinajstić information content (AvgIpc) is 2.56. The van der Waals surface area contributed by atoms with E-state index in [1.807, 2.05) is 52.8 Å². The molecule has 1 unspecified atom stereocenters. The van der Waals surface area contributed by atoms with E-state index in [0.717, 1.165) is 16.7 Å². The number of benzene rings is 2. The predicted octanol–water partition coefficient (Wildman–Crippen LogP) is 3.97. The number of ether oxygens (including phenoxy) is 1. The summed E-state index contributed by atoms with van der Waals surface area (Å²) in [6.07, 6.45) is 0. The van der Waals surface area contributed by atoms with Crippen molar-refractivity contribution < 1.29 is 14.3 Å². The zero-order valence-corrected chi connectivity index (χ0v) is 15.4. The summed E-state index contributed by atoms with van der Waals surface area (Å²) in [7, 11) is 0. The minimum atomic E-state index is -0.715. The molecule has 4 nitrogen and oxygen atoms in total. The number of esters is 1. The Morgan fingerprint density at radius 3 is 2.04 bits per heavy atom. The molecule has 25 heavy (non-hydrogen) atoms. The van der Waals surface area contributed by atoms with Crippen LogP contribution in [0.5, 0.6) is 5.75 Å². The van der Waals surface area contributed by atoms with Crippen molar-refractivity contribution in [3.05, 3.63) is 64.7 Å². The molecule has 0 aliphatic carbocycles. The van der Waals surface area contributed by atoms with Crippen LogP contribution >= 0.6 is 0 Å². The van der Waals surface area contributed by atoms with E-state index in [2.05, 4.69) is 5.32 Å². The Labute approximate surface area is 149 Å². The van der Waals surface area contributed by atoms with Gasteiger partial charge in [0, 0.05) is 5.56 Å². The zero-order valence-electron chi connectivity index (χ0n) is 15.4. The van der Waals surface area contributed by atoms with Crippen molar-refractivity contribution >= 4 is 11.9 Å². The Hall–Kier alpha value is -2.62.